The van der Waals surface area contributed by atoms with E-state index >= 15 is 0 Å². The van der Waals surface area contributed by atoms with Crippen LogP contribution >= 0.6 is 0 Å². The quantitative estimate of drug-likeness (QED) is 0.826. The van der Waals surface area contributed by atoms with Crippen molar-refractivity contribution in [3.63, 3.8) is 0 Å². The van der Waals surface area contributed by atoms with Gasteiger partial charge in [0, 0.05) is 18.4 Å². The van der Waals surface area contributed by atoms with Gasteiger partial charge in [-0.1, -0.05) is 12.1 Å². The molecule has 6 heteroatoms. The summed E-state index contributed by atoms with van der Waals surface area (Å²) in [5, 5.41) is 16.6. The summed E-state index contributed by atoms with van der Waals surface area (Å²) in [5.41, 5.74) is 1.45. The van der Waals surface area contributed by atoms with Crippen LogP contribution in [0, 0.1) is 5.92 Å². The number of hydrogen-bond donors (Lipinski definition) is 2. The van der Waals surface area contributed by atoms with Gasteiger partial charge in [-0.05, 0) is 6.07 Å². The highest BCUT2D eigenvalue weighted by Gasteiger charge is 2.35. The van der Waals surface area contributed by atoms with Crippen LogP contribution in [-0.2, 0) is 9.59 Å². The molecule has 1 aliphatic heterocycles. The van der Waals surface area contributed by atoms with Gasteiger partial charge >= 0.3 is 5.97 Å². The van der Waals surface area contributed by atoms with Gasteiger partial charge in [-0.2, -0.15) is 5.10 Å². The number of fused-ring (bicyclic) bond motifs is 1. The van der Waals surface area contributed by atoms with Gasteiger partial charge in [0.25, 0.3) is 0 Å². The number of aliphatic carboxylic acids is 1. The molecule has 1 aromatic heterocycles. The fourth-order valence-electron chi connectivity index (χ4n) is 2.28. The number of benzene rings is 1. The number of nitrogens with zero attached hydrogens (tertiary/aromatic N) is 2. The van der Waals surface area contributed by atoms with Crippen LogP contribution < -0.4 is 4.90 Å². The van der Waals surface area contributed by atoms with Gasteiger partial charge in [0.1, 0.15) is 0 Å². The molecule has 0 aliphatic carbocycles. The molecule has 2 aromatic rings. The fraction of sp³-hybridized carbons (Fsp3) is 0.250. The molecular formula is C12H11N3O3. The van der Waals surface area contributed by atoms with Crippen LogP contribution in [0.15, 0.2) is 24.4 Å². The van der Waals surface area contributed by atoms with E-state index in [1.54, 1.807) is 12.3 Å². The summed E-state index contributed by atoms with van der Waals surface area (Å²) in [4.78, 5) is 24.3. The Morgan fingerprint density at radius 3 is 3.06 bits per heavy atom. The minimum atomic E-state index is -0.928. The van der Waals surface area contributed by atoms with Crippen LogP contribution in [0.1, 0.15) is 6.42 Å². The molecule has 1 saturated heterocycles. The van der Waals surface area contributed by atoms with Gasteiger partial charge in [0.15, 0.2) is 0 Å². The smallest absolute Gasteiger partial charge is 0.308 e. The molecule has 1 unspecified atom stereocenters. The van der Waals surface area contributed by atoms with Crippen LogP contribution in [0.2, 0.25) is 0 Å². The van der Waals surface area contributed by atoms with E-state index in [0.717, 1.165) is 10.9 Å². The SMILES string of the molecule is O=C(O)C1CC(=O)N(c2cccc3cn[nH]c23)C1. The summed E-state index contributed by atoms with van der Waals surface area (Å²) in [6, 6.07) is 5.51. The van der Waals surface area contributed by atoms with Gasteiger partial charge in [0.05, 0.1) is 23.3 Å². The number of amides is 1. The first-order valence-electron chi connectivity index (χ1n) is 5.62. The highest BCUT2D eigenvalue weighted by molar-refractivity contribution is 6.05. The largest absolute Gasteiger partial charge is 0.481 e. The first-order valence-corrected chi connectivity index (χ1v) is 5.62. The average Bonchev–Trinajstić information content (AvgIpc) is 2.94. The summed E-state index contributed by atoms with van der Waals surface area (Å²) in [6.07, 6.45) is 1.73. The highest BCUT2D eigenvalue weighted by atomic mass is 16.4. The second-order valence-electron chi connectivity index (χ2n) is 4.35. The van der Waals surface area contributed by atoms with E-state index in [0.29, 0.717) is 5.69 Å². The van der Waals surface area contributed by atoms with Gasteiger partial charge in [-0.3, -0.25) is 14.7 Å². The van der Waals surface area contributed by atoms with E-state index in [-0.39, 0.29) is 18.9 Å². The van der Waals surface area contributed by atoms with E-state index in [1.807, 2.05) is 12.1 Å². The zero-order valence-electron chi connectivity index (χ0n) is 9.46. The number of aromatic amines is 1. The third-order valence-corrected chi connectivity index (χ3v) is 3.22. The lowest BCUT2D eigenvalue weighted by Crippen LogP contribution is -2.26. The molecule has 1 amide bonds. The number of carboxylic acid groups (broad SMARTS) is 1. The van der Waals surface area contributed by atoms with Crippen LogP contribution in [0.3, 0.4) is 0 Å². The number of nitrogens with one attached hydrogen (secondary N) is 1. The molecule has 92 valence electrons. The van der Waals surface area contributed by atoms with Crippen LogP contribution in [0.4, 0.5) is 5.69 Å². The standard InChI is InChI=1S/C12H11N3O3/c16-10-4-8(12(17)18)6-15(10)9-3-1-2-7-5-13-14-11(7)9/h1-3,5,8H,4,6H2,(H,13,14)(H,17,18). The number of aromatic nitrogens is 2. The third kappa shape index (κ3) is 1.54. The van der Waals surface area contributed by atoms with Crippen molar-refractivity contribution >= 4 is 28.5 Å². The number of carbonyl (C=O) groups excluding carboxylic acids is 1. The molecule has 1 aromatic carbocycles. The molecule has 0 bridgehead atoms. The van der Waals surface area contributed by atoms with Gasteiger partial charge in [0.2, 0.25) is 5.91 Å². The summed E-state index contributed by atoms with van der Waals surface area (Å²) in [5.74, 6) is -1.72. The minimum Gasteiger partial charge on any atom is -0.481 e. The lowest BCUT2D eigenvalue weighted by molar-refractivity contribution is -0.141. The Morgan fingerprint density at radius 2 is 2.33 bits per heavy atom. The zero-order chi connectivity index (χ0) is 12.7. The molecule has 2 N–H and O–H groups in total. The minimum absolute atomic E-state index is 0.0554. The third-order valence-electron chi connectivity index (χ3n) is 3.22. The number of H-pyrrole nitrogens is 1. The molecule has 1 aliphatic rings. The van der Waals surface area contributed by atoms with Crippen molar-refractivity contribution in [1.82, 2.24) is 10.2 Å². The van der Waals surface area contributed by atoms with Gasteiger partial charge < -0.3 is 10.0 Å². The molecular weight excluding hydrogens is 234 g/mol. The Bertz CT molecular complexity index is 634. The van der Waals surface area contributed by atoms with Gasteiger partial charge in [-0.25, -0.2) is 0 Å². The molecule has 0 spiro atoms. The van der Waals surface area contributed by atoms with Crippen LogP contribution in [-0.4, -0.2) is 33.7 Å². The van der Waals surface area contributed by atoms with Crippen molar-refractivity contribution < 1.29 is 14.7 Å². The monoisotopic (exact) mass is 245 g/mol. The van der Waals surface area contributed by atoms with Crippen LogP contribution in [0.5, 0.6) is 0 Å². The number of rotatable bonds is 2. The Labute approximate surface area is 102 Å². The number of carboxylic acids is 1. The second-order valence-corrected chi connectivity index (χ2v) is 4.35. The first kappa shape index (κ1) is 10.8. The Balaban J connectivity index is 2.03. The Morgan fingerprint density at radius 1 is 1.50 bits per heavy atom. The number of anilines is 1. The van der Waals surface area contributed by atoms with Crippen molar-refractivity contribution in [2.24, 2.45) is 5.92 Å². The molecule has 1 atom stereocenters. The lowest BCUT2D eigenvalue weighted by Gasteiger charge is -2.16. The van der Waals surface area contributed by atoms with Crippen LogP contribution in [0.25, 0.3) is 10.9 Å². The maximum absolute atomic E-state index is 11.9. The van der Waals surface area contributed by atoms with Crippen molar-refractivity contribution in [3.8, 4) is 0 Å². The predicted molar refractivity (Wildman–Crippen MR) is 64.2 cm³/mol. The zero-order valence-corrected chi connectivity index (χ0v) is 9.46. The molecule has 2 heterocycles. The van der Waals surface area contributed by atoms with E-state index in [2.05, 4.69) is 10.2 Å². The number of carbonyl (C=O) groups is 2. The van der Waals surface area contributed by atoms with E-state index < -0.39 is 11.9 Å². The summed E-state index contributed by atoms with van der Waals surface area (Å²) < 4.78 is 0. The van der Waals surface area contributed by atoms with Crippen molar-refractivity contribution in [2.45, 2.75) is 6.42 Å². The summed E-state index contributed by atoms with van der Waals surface area (Å²) in [7, 11) is 0. The normalized spacial score (nSPS) is 19.7. The summed E-state index contributed by atoms with van der Waals surface area (Å²) >= 11 is 0. The molecule has 3 rings (SSSR count). The average molecular weight is 245 g/mol. The Kier molecular flexibility index (Phi) is 2.29. The van der Waals surface area contributed by atoms with E-state index in [1.165, 1.54) is 4.90 Å². The molecule has 0 saturated carbocycles. The maximum Gasteiger partial charge on any atom is 0.308 e. The molecule has 1 fully saturated rings. The van der Waals surface area contributed by atoms with Crippen molar-refractivity contribution in [3.05, 3.63) is 24.4 Å². The van der Waals surface area contributed by atoms with Gasteiger partial charge in [-0.15, -0.1) is 0 Å². The maximum atomic E-state index is 11.9. The number of hydrogen-bond acceptors (Lipinski definition) is 3. The van der Waals surface area contributed by atoms with E-state index in [9.17, 15) is 9.59 Å². The molecule has 6 nitrogen and oxygen atoms in total. The topological polar surface area (TPSA) is 86.3 Å². The van der Waals surface area contributed by atoms with Crippen molar-refractivity contribution in [1.29, 1.82) is 0 Å². The lowest BCUT2D eigenvalue weighted by atomic mass is 10.1. The van der Waals surface area contributed by atoms with E-state index in [4.69, 9.17) is 5.11 Å². The molecule has 18 heavy (non-hydrogen) atoms. The number of para-hydroxylation sites is 1. The molecule has 0 radical (unpaired) electrons. The van der Waals surface area contributed by atoms with Crippen molar-refractivity contribution in [2.75, 3.05) is 11.4 Å². The predicted octanol–water partition coefficient (Wildman–Crippen LogP) is 1.00. The Hall–Kier alpha value is -2.37. The highest BCUT2D eigenvalue weighted by Crippen LogP contribution is 2.30. The second kappa shape index (κ2) is 3.83. The first-order chi connectivity index (χ1) is 8.66. The summed E-state index contributed by atoms with van der Waals surface area (Å²) in [6.45, 7) is 0.215. The fourth-order valence-corrected chi connectivity index (χ4v) is 2.28.